The van der Waals surface area contributed by atoms with Crippen LogP contribution in [0.25, 0.3) is 11.6 Å². The van der Waals surface area contributed by atoms with Gasteiger partial charge in [0, 0.05) is 29.2 Å². The molecule has 41 heavy (non-hydrogen) atoms. The van der Waals surface area contributed by atoms with E-state index < -0.39 is 5.92 Å². The third-order valence-corrected chi connectivity index (χ3v) is 8.87. The Morgan fingerprint density at radius 2 is 1.90 bits per heavy atom. The molecule has 210 valence electrons. The Kier molecular flexibility index (Phi) is 7.77. The monoisotopic (exact) mass is 614 g/mol. The number of phenolic OH excluding ortho intramolecular Hbond substituents is 1. The molecule has 2 aromatic carbocycles. The third-order valence-electron chi connectivity index (χ3n) is 8.37. The lowest BCUT2D eigenvalue weighted by Gasteiger charge is -2.31. The van der Waals surface area contributed by atoms with Gasteiger partial charge in [0.1, 0.15) is 18.1 Å². The number of para-hydroxylation sites is 1. The summed E-state index contributed by atoms with van der Waals surface area (Å²) in [7, 11) is 1.58. The second kappa shape index (κ2) is 11.6. The third kappa shape index (κ3) is 5.46. The van der Waals surface area contributed by atoms with Crippen LogP contribution in [0.1, 0.15) is 30.5 Å². The summed E-state index contributed by atoms with van der Waals surface area (Å²) in [5.74, 6) is -0.198. The van der Waals surface area contributed by atoms with Gasteiger partial charge in [0.25, 0.3) is 0 Å². The minimum Gasteiger partial charge on any atom is -0.507 e. The maximum Gasteiger partial charge on any atom is 0.233 e. The minimum absolute atomic E-state index is 0.117. The highest BCUT2D eigenvalue weighted by Gasteiger charge is 2.56. The number of pyridine rings is 1. The SMILES string of the molecule is CN1C(=O)[C@@H]2[C@@H](CC(COc3ccccc3)=C3[C@@H](CC/C(=C/c4cc(Br)ccc4O)c4ccccn4)OC[C@@H]32)C1=O. The molecule has 2 saturated heterocycles. The predicted molar refractivity (Wildman–Crippen MR) is 159 cm³/mol. The van der Waals surface area contributed by atoms with Gasteiger partial charge in [0.05, 0.1) is 30.2 Å². The molecule has 1 aliphatic carbocycles. The second-order valence-corrected chi connectivity index (χ2v) is 11.7. The zero-order valence-corrected chi connectivity index (χ0v) is 24.3. The summed E-state index contributed by atoms with van der Waals surface area (Å²) in [6.07, 6.45) is 5.30. The number of ether oxygens (including phenoxy) is 2. The molecule has 6 rings (SSSR count). The molecule has 4 atom stereocenters. The number of hydrogen-bond donors (Lipinski definition) is 1. The normalized spacial score (nSPS) is 24.0. The van der Waals surface area contributed by atoms with Gasteiger partial charge >= 0.3 is 0 Å². The first-order chi connectivity index (χ1) is 19.9. The summed E-state index contributed by atoms with van der Waals surface area (Å²) in [6, 6.07) is 20.7. The summed E-state index contributed by atoms with van der Waals surface area (Å²) < 4.78 is 13.4. The number of fused-ring (bicyclic) bond motifs is 3. The fraction of sp³-hybridized carbons (Fsp3) is 0.303. The number of phenols is 1. The standard InChI is InChI=1S/C33H31BrN2O5/c1-36-32(38)25-17-22(18-40-24-7-3-2-4-8-24)30-26(31(25)33(36)39)19-41-29(30)13-10-20(27-9-5-6-14-35-27)15-21-16-23(34)11-12-28(21)37/h2-9,11-12,14-16,25-26,29,31,37H,10,13,17-19H2,1H3/b20-15-/t25-,26+,29-,31-/m1/s1. The number of halogens is 1. The maximum atomic E-state index is 13.1. The summed E-state index contributed by atoms with van der Waals surface area (Å²) in [4.78, 5) is 32.0. The van der Waals surface area contributed by atoms with Crippen molar-refractivity contribution in [1.29, 1.82) is 0 Å². The molecule has 2 fully saturated rings. The molecule has 3 aliphatic rings. The van der Waals surface area contributed by atoms with E-state index >= 15 is 0 Å². The molecular weight excluding hydrogens is 584 g/mol. The van der Waals surface area contributed by atoms with Crippen LogP contribution < -0.4 is 4.74 Å². The molecule has 0 spiro atoms. The molecule has 1 aromatic heterocycles. The minimum atomic E-state index is -0.391. The quantitative estimate of drug-likeness (QED) is 0.251. The number of benzene rings is 2. The average molecular weight is 616 g/mol. The molecular formula is C33H31BrN2O5. The summed E-state index contributed by atoms with van der Waals surface area (Å²) in [6.45, 7) is 0.747. The van der Waals surface area contributed by atoms with Gasteiger partial charge in [0.15, 0.2) is 0 Å². The van der Waals surface area contributed by atoms with E-state index in [2.05, 4.69) is 20.9 Å². The lowest BCUT2D eigenvalue weighted by Crippen LogP contribution is -2.35. The maximum absolute atomic E-state index is 13.1. The van der Waals surface area contributed by atoms with Crippen molar-refractivity contribution in [3.63, 3.8) is 0 Å². The first kappa shape index (κ1) is 27.4. The first-order valence-corrected chi connectivity index (χ1v) is 14.6. The first-order valence-electron chi connectivity index (χ1n) is 13.8. The number of nitrogens with zero attached hydrogens (tertiary/aromatic N) is 2. The number of allylic oxidation sites excluding steroid dienone is 1. The Morgan fingerprint density at radius 1 is 1.10 bits per heavy atom. The number of carbonyl (C=O) groups is 2. The van der Waals surface area contributed by atoms with Crippen LogP contribution in [0, 0.1) is 17.8 Å². The fourth-order valence-electron chi connectivity index (χ4n) is 6.39. The van der Waals surface area contributed by atoms with Gasteiger partial charge in [0.2, 0.25) is 11.8 Å². The van der Waals surface area contributed by atoms with Crippen LogP contribution >= 0.6 is 15.9 Å². The Hall–Kier alpha value is -3.75. The lowest BCUT2D eigenvalue weighted by atomic mass is 9.69. The van der Waals surface area contributed by atoms with Gasteiger partial charge in [-0.2, -0.15) is 0 Å². The van der Waals surface area contributed by atoms with Crippen molar-refractivity contribution >= 4 is 39.4 Å². The molecule has 2 aliphatic heterocycles. The number of aromatic nitrogens is 1. The molecule has 0 unspecified atom stereocenters. The highest BCUT2D eigenvalue weighted by molar-refractivity contribution is 9.10. The van der Waals surface area contributed by atoms with Crippen LogP contribution in [0.15, 0.2) is 88.5 Å². The predicted octanol–water partition coefficient (Wildman–Crippen LogP) is 5.90. The number of likely N-dealkylation sites (tertiary alicyclic amines) is 1. The Labute approximate surface area is 247 Å². The van der Waals surface area contributed by atoms with Crippen molar-refractivity contribution < 1.29 is 24.2 Å². The molecule has 3 heterocycles. The van der Waals surface area contributed by atoms with Gasteiger partial charge in [-0.1, -0.05) is 40.2 Å². The van der Waals surface area contributed by atoms with Crippen LogP contribution in [0.4, 0.5) is 0 Å². The van der Waals surface area contributed by atoms with Crippen molar-refractivity contribution in [2.24, 2.45) is 17.8 Å². The van der Waals surface area contributed by atoms with Gasteiger partial charge in [-0.05, 0) is 84.5 Å². The van der Waals surface area contributed by atoms with Crippen molar-refractivity contribution in [1.82, 2.24) is 9.88 Å². The van der Waals surface area contributed by atoms with Crippen molar-refractivity contribution in [2.45, 2.75) is 25.4 Å². The van der Waals surface area contributed by atoms with E-state index in [-0.39, 0.29) is 35.5 Å². The number of amides is 2. The zero-order chi connectivity index (χ0) is 28.5. The lowest BCUT2D eigenvalue weighted by molar-refractivity contribution is -0.138. The van der Waals surface area contributed by atoms with Gasteiger partial charge in [-0.3, -0.25) is 19.5 Å². The number of hydrogen-bond acceptors (Lipinski definition) is 6. The number of aromatic hydroxyl groups is 1. The number of imide groups is 1. The Morgan fingerprint density at radius 3 is 2.68 bits per heavy atom. The van der Waals surface area contributed by atoms with Crippen LogP contribution in [0.5, 0.6) is 11.5 Å². The molecule has 0 radical (unpaired) electrons. The van der Waals surface area contributed by atoms with Gasteiger partial charge in [-0.25, -0.2) is 0 Å². The number of carbonyl (C=O) groups excluding carboxylic acids is 2. The van der Waals surface area contributed by atoms with Crippen molar-refractivity contribution in [3.8, 4) is 11.5 Å². The van der Waals surface area contributed by atoms with Crippen LogP contribution in [-0.2, 0) is 14.3 Å². The highest BCUT2D eigenvalue weighted by Crippen LogP contribution is 2.49. The molecule has 2 amide bonds. The zero-order valence-electron chi connectivity index (χ0n) is 22.7. The molecule has 0 bridgehead atoms. The van der Waals surface area contributed by atoms with E-state index in [0.29, 0.717) is 38.0 Å². The van der Waals surface area contributed by atoms with E-state index in [9.17, 15) is 14.7 Å². The summed E-state index contributed by atoms with van der Waals surface area (Å²) in [5, 5.41) is 10.5. The Bertz CT molecular complexity index is 1520. The van der Waals surface area contributed by atoms with Crippen LogP contribution in [0.2, 0.25) is 0 Å². The summed E-state index contributed by atoms with van der Waals surface area (Å²) >= 11 is 3.50. The van der Waals surface area contributed by atoms with Crippen molar-refractivity contribution in [2.75, 3.05) is 20.3 Å². The largest absolute Gasteiger partial charge is 0.507 e. The topological polar surface area (TPSA) is 89.0 Å². The molecule has 1 N–H and O–H groups in total. The van der Waals surface area contributed by atoms with E-state index in [4.69, 9.17) is 9.47 Å². The average Bonchev–Trinajstić information content (AvgIpc) is 3.51. The highest BCUT2D eigenvalue weighted by atomic mass is 79.9. The Balaban J connectivity index is 1.31. The van der Waals surface area contributed by atoms with E-state index in [0.717, 1.165) is 32.6 Å². The number of rotatable bonds is 8. The van der Waals surface area contributed by atoms with Crippen molar-refractivity contribution in [3.05, 3.63) is 99.8 Å². The van der Waals surface area contributed by atoms with E-state index in [1.807, 2.05) is 60.7 Å². The van der Waals surface area contributed by atoms with Crippen LogP contribution in [0.3, 0.4) is 0 Å². The summed E-state index contributed by atoms with van der Waals surface area (Å²) in [5.41, 5.74) is 4.63. The van der Waals surface area contributed by atoms with E-state index in [1.54, 1.807) is 25.4 Å². The molecule has 7 nitrogen and oxygen atoms in total. The molecule has 3 aromatic rings. The molecule has 0 saturated carbocycles. The van der Waals surface area contributed by atoms with Gasteiger partial charge in [-0.15, -0.1) is 0 Å². The van der Waals surface area contributed by atoms with Gasteiger partial charge < -0.3 is 14.6 Å². The fourth-order valence-corrected chi connectivity index (χ4v) is 6.77. The van der Waals surface area contributed by atoms with E-state index in [1.165, 1.54) is 4.90 Å². The molecule has 8 heteroatoms. The second-order valence-electron chi connectivity index (χ2n) is 10.8. The smallest absolute Gasteiger partial charge is 0.233 e. The van der Waals surface area contributed by atoms with Crippen LogP contribution in [-0.4, -0.2) is 53.2 Å².